The van der Waals surface area contributed by atoms with Gasteiger partial charge in [-0.1, -0.05) is 11.6 Å². The van der Waals surface area contributed by atoms with Crippen LogP contribution in [-0.2, 0) is 0 Å². The highest BCUT2D eigenvalue weighted by atomic mass is 79.9. The van der Waals surface area contributed by atoms with Gasteiger partial charge in [-0.2, -0.15) is 0 Å². The molecule has 104 valence electrons. The lowest BCUT2D eigenvalue weighted by Gasteiger charge is -2.45. The largest absolute Gasteiger partial charge is 0.335 e. The topological polar surface area (TPSA) is 36.4 Å². The summed E-state index contributed by atoms with van der Waals surface area (Å²) in [5.41, 5.74) is 0.427. The molecule has 0 bridgehead atoms. The summed E-state index contributed by atoms with van der Waals surface area (Å²) >= 11 is 9.34. The van der Waals surface area contributed by atoms with Crippen molar-refractivity contribution in [1.29, 1.82) is 0 Å². The minimum Gasteiger partial charge on any atom is -0.335 e. The third kappa shape index (κ3) is 3.09. The standard InChI is InChI=1S/C13H17BrClN3O/c1-13(2)8-18(5-4-17(13)3)12(19)10-6-9(14)7-16-11(10)15/h6-7H,4-5,8H2,1-3H3. The van der Waals surface area contributed by atoms with Crippen molar-refractivity contribution >= 4 is 33.4 Å². The van der Waals surface area contributed by atoms with E-state index >= 15 is 0 Å². The molecule has 1 saturated heterocycles. The Kier molecular flexibility index (Phi) is 4.18. The molecular weight excluding hydrogens is 330 g/mol. The molecule has 19 heavy (non-hydrogen) atoms. The van der Waals surface area contributed by atoms with E-state index in [4.69, 9.17) is 11.6 Å². The van der Waals surface area contributed by atoms with E-state index in [1.165, 1.54) is 0 Å². The van der Waals surface area contributed by atoms with Crippen LogP contribution in [0.1, 0.15) is 24.2 Å². The number of piperazine rings is 1. The van der Waals surface area contributed by atoms with Gasteiger partial charge in [0, 0.05) is 35.8 Å². The van der Waals surface area contributed by atoms with Gasteiger partial charge in [0.15, 0.2) is 0 Å². The number of pyridine rings is 1. The van der Waals surface area contributed by atoms with Gasteiger partial charge in [-0.3, -0.25) is 9.69 Å². The first-order valence-electron chi connectivity index (χ1n) is 6.13. The van der Waals surface area contributed by atoms with Gasteiger partial charge in [-0.05, 0) is 42.9 Å². The van der Waals surface area contributed by atoms with Crippen LogP contribution in [0.25, 0.3) is 0 Å². The molecule has 0 radical (unpaired) electrons. The first-order valence-corrected chi connectivity index (χ1v) is 7.30. The molecule has 1 fully saturated rings. The number of carbonyl (C=O) groups excluding carboxylic acids is 1. The van der Waals surface area contributed by atoms with Crippen molar-refractivity contribution in [2.45, 2.75) is 19.4 Å². The Balaban J connectivity index is 2.23. The number of likely N-dealkylation sites (N-methyl/N-ethyl adjacent to an activating group) is 1. The van der Waals surface area contributed by atoms with E-state index in [1.807, 2.05) is 4.90 Å². The molecule has 1 aliphatic heterocycles. The van der Waals surface area contributed by atoms with E-state index in [1.54, 1.807) is 12.3 Å². The van der Waals surface area contributed by atoms with Gasteiger partial charge in [-0.15, -0.1) is 0 Å². The molecule has 0 saturated carbocycles. The first-order chi connectivity index (χ1) is 8.81. The zero-order valence-corrected chi connectivity index (χ0v) is 13.6. The van der Waals surface area contributed by atoms with Crippen molar-refractivity contribution < 1.29 is 4.79 Å². The van der Waals surface area contributed by atoms with Gasteiger partial charge >= 0.3 is 0 Å². The third-order valence-electron chi connectivity index (χ3n) is 3.64. The number of hydrogen-bond donors (Lipinski definition) is 0. The van der Waals surface area contributed by atoms with Crippen LogP contribution in [0.4, 0.5) is 0 Å². The number of nitrogens with zero attached hydrogens (tertiary/aromatic N) is 3. The van der Waals surface area contributed by atoms with Gasteiger partial charge < -0.3 is 4.90 Å². The second-order valence-corrected chi connectivity index (χ2v) is 6.73. The summed E-state index contributed by atoms with van der Waals surface area (Å²) in [5.74, 6) is -0.0556. The fraction of sp³-hybridized carbons (Fsp3) is 0.538. The van der Waals surface area contributed by atoms with E-state index in [0.717, 1.165) is 11.0 Å². The average molecular weight is 347 g/mol. The Morgan fingerprint density at radius 2 is 2.16 bits per heavy atom. The lowest BCUT2D eigenvalue weighted by atomic mass is 9.99. The summed E-state index contributed by atoms with van der Waals surface area (Å²) in [4.78, 5) is 20.6. The molecule has 2 rings (SSSR count). The summed E-state index contributed by atoms with van der Waals surface area (Å²) in [6.45, 7) is 6.52. The third-order valence-corrected chi connectivity index (χ3v) is 4.37. The van der Waals surface area contributed by atoms with Crippen molar-refractivity contribution in [2.24, 2.45) is 0 Å². The van der Waals surface area contributed by atoms with Gasteiger partial charge in [-0.25, -0.2) is 4.98 Å². The highest BCUT2D eigenvalue weighted by Gasteiger charge is 2.34. The van der Waals surface area contributed by atoms with Gasteiger partial charge in [0.05, 0.1) is 5.56 Å². The molecule has 1 aromatic rings. The Morgan fingerprint density at radius 1 is 1.47 bits per heavy atom. The molecule has 0 unspecified atom stereocenters. The summed E-state index contributed by atoms with van der Waals surface area (Å²) in [6.07, 6.45) is 1.59. The molecule has 4 nitrogen and oxygen atoms in total. The first kappa shape index (κ1) is 14.8. The molecule has 2 heterocycles. The lowest BCUT2D eigenvalue weighted by Crippen LogP contribution is -2.58. The monoisotopic (exact) mass is 345 g/mol. The van der Waals surface area contributed by atoms with Crippen LogP contribution >= 0.6 is 27.5 Å². The highest BCUT2D eigenvalue weighted by molar-refractivity contribution is 9.10. The molecule has 1 aliphatic rings. The number of hydrogen-bond acceptors (Lipinski definition) is 3. The number of aromatic nitrogens is 1. The quantitative estimate of drug-likeness (QED) is 0.734. The van der Waals surface area contributed by atoms with E-state index in [-0.39, 0.29) is 16.6 Å². The number of rotatable bonds is 1. The van der Waals surface area contributed by atoms with Crippen LogP contribution in [0.3, 0.4) is 0 Å². The predicted octanol–water partition coefficient (Wildman–Crippen LogP) is 2.66. The molecule has 0 spiro atoms. The summed E-state index contributed by atoms with van der Waals surface area (Å²) < 4.78 is 0.758. The van der Waals surface area contributed by atoms with Crippen LogP contribution in [-0.4, -0.2) is 52.9 Å². The van der Waals surface area contributed by atoms with Crippen molar-refractivity contribution in [3.8, 4) is 0 Å². The summed E-state index contributed by atoms with van der Waals surface area (Å²) in [6, 6.07) is 1.73. The zero-order chi connectivity index (χ0) is 14.2. The number of carbonyl (C=O) groups is 1. The molecule has 1 aromatic heterocycles. The molecule has 0 N–H and O–H groups in total. The maximum absolute atomic E-state index is 12.5. The second-order valence-electron chi connectivity index (χ2n) is 5.45. The lowest BCUT2D eigenvalue weighted by molar-refractivity contribution is 0.0311. The normalized spacial score (nSPS) is 19.5. The average Bonchev–Trinajstić information content (AvgIpc) is 2.35. The Hall–Kier alpha value is -0.650. The molecule has 1 amide bonds. The Bertz CT molecular complexity index is 507. The minimum atomic E-state index is -0.0556. The smallest absolute Gasteiger partial charge is 0.257 e. The van der Waals surface area contributed by atoms with Crippen LogP contribution in [0.2, 0.25) is 5.15 Å². The highest BCUT2D eigenvalue weighted by Crippen LogP contribution is 2.24. The minimum absolute atomic E-state index is 0.0279. The van der Waals surface area contributed by atoms with Gasteiger partial charge in [0.2, 0.25) is 0 Å². The van der Waals surface area contributed by atoms with Crippen molar-refractivity contribution in [3.05, 3.63) is 27.5 Å². The van der Waals surface area contributed by atoms with Crippen molar-refractivity contribution in [2.75, 3.05) is 26.7 Å². The van der Waals surface area contributed by atoms with Crippen molar-refractivity contribution in [1.82, 2.24) is 14.8 Å². The Labute approximate surface area is 126 Å². The van der Waals surface area contributed by atoms with Gasteiger partial charge in [0.1, 0.15) is 5.15 Å². The van der Waals surface area contributed by atoms with Crippen LogP contribution in [0, 0.1) is 0 Å². The SMILES string of the molecule is CN1CCN(C(=O)c2cc(Br)cnc2Cl)CC1(C)C. The second kappa shape index (κ2) is 5.38. The van der Waals surface area contributed by atoms with E-state index in [9.17, 15) is 4.79 Å². The predicted molar refractivity (Wildman–Crippen MR) is 79.6 cm³/mol. The van der Waals surface area contributed by atoms with Gasteiger partial charge in [0.25, 0.3) is 5.91 Å². The zero-order valence-electron chi connectivity index (χ0n) is 11.3. The Morgan fingerprint density at radius 3 is 2.79 bits per heavy atom. The van der Waals surface area contributed by atoms with Crippen LogP contribution in [0.5, 0.6) is 0 Å². The fourth-order valence-electron chi connectivity index (χ4n) is 2.16. The summed E-state index contributed by atoms with van der Waals surface area (Å²) in [5, 5.41) is 0.255. The number of amides is 1. The fourth-order valence-corrected chi connectivity index (χ4v) is 2.67. The van der Waals surface area contributed by atoms with Crippen molar-refractivity contribution in [3.63, 3.8) is 0 Å². The summed E-state index contributed by atoms with van der Waals surface area (Å²) in [7, 11) is 2.08. The molecule has 0 atom stereocenters. The van der Waals surface area contributed by atoms with E-state index in [2.05, 4.69) is 46.7 Å². The van der Waals surface area contributed by atoms with Crippen LogP contribution < -0.4 is 0 Å². The molecule has 0 aromatic carbocycles. The number of halogens is 2. The molecule has 0 aliphatic carbocycles. The van der Waals surface area contributed by atoms with Crippen LogP contribution in [0.15, 0.2) is 16.7 Å². The maximum atomic E-state index is 12.5. The maximum Gasteiger partial charge on any atom is 0.257 e. The molecular formula is C13H17BrClN3O. The van der Waals surface area contributed by atoms with E-state index in [0.29, 0.717) is 18.7 Å². The molecule has 6 heteroatoms. The van der Waals surface area contributed by atoms with E-state index < -0.39 is 0 Å².